The van der Waals surface area contributed by atoms with Crippen LogP contribution in [0.25, 0.3) is 5.69 Å². The fraction of sp³-hybridized carbons (Fsp3) is 0.250. The number of nitrogens with zero attached hydrogens (tertiary/aromatic N) is 4. The Morgan fingerprint density at radius 3 is 2.13 bits per heavy atom. The van der Waals surface area contributed by atoms with Crippen molar-refractivity contribution in [2.75, 3.05) is 0 Å². The second kappa shape index (κ2) is 15.8. The number of benzene rings is 4. The van der Waals surface area contributed by atoms with Crippen LogP contribution < -0.4 is 5.32 Å². The van der Waals surface area contributed by atoms with Crippen LogP contribution in [0.2, 0.25) is 0 Å². The van der Waals surface area contributed by atoms with E-state index in [1.165, 1.54) is 48.7 Å². The molecule has 1 amide bonds. The minimum absolute atomic E-state index is 0.00480. The molecule has 0 aliphatic rings. The van der Waals surface area contributed by atoms with Crippen LogP contribution in [-0.4, -0.2) is 25.6 Å². The molecule has 0 bridgehead atoms. The molecule has 5 aromatic rings. The molecular weight excluding hydrogens is 582 g/mol. The maximum absolute atomic E-state index is 13.7. The highest BCUT2D eigenvalue weighted by Crippen LogP contribution is 2.30. The molecule has 1 unspecified atom stereocenters. The Kier molecular flexibility index (Phi) is 11.1. The van der Waals surface area contributed by atoms with E-state index in [-0.39, 0.29) is 11.6 Å². The van der Waals surface area contributed by atoms with E-state index >= 15 is 0 Å². The van der Waals surface area contributed by atoms with Crippen molar-refractivity contribution in [2.45, 2.75) is 62.4 Å². The van der Waals surface area contributed by atoms with Crippen LogP contribution in [0.15, 0.2) is 114 Å². The number of hydrogen-bond donors (Lipinski definition) is 1. The number of nitro benzene ring substituents is 1. The Labute approximate surface area is 268 Å². The number of thioether (sulfide) groups is 1. The SMILES string of the molecule is CCCCCCc1ccc(C(=O)NC(Cc2ccccc2)c2nnc(SCc3ccccc3)n2-c2ccc([N+](=O)[O-])cc2)cc1. The number of nitro groups is 1. The summed E-state index contributed by atoms with van der Waals surface area (Å²) in [5.74, 6) is 1.00. The highest BCUT2D eigenvalue weighted by molar-refractivity contribution is 7.98. The molecule has 1 atom stereocenters. The van der Waals surface area contributed by atoms with Crippen molar-refractivity contribution >= 4 is 23.4 Å². The highest BCUT2D eigenvalue weighted by Gasteiger charge is 2.26. The standard InChI is InChI=1S/C36H37N5O3S/c1-2-3-4-7-12-27-17-19-30(20-18-27)35(42)37-33(25-28-13-8-5-9-14-28)34-38-39-36(45-26-29-15-10-6-11-16-29)40(34)31-21-23-32(24-22-31)41(43)44/h5-6,8-11,13-24,33H,2-4,7,12,25-26H2,1H3,(H,37,42). The number of non-ortho nitro benzene ring substituents is 1. The molecule has 0 radical (unpaired) electrons. The molecule has 45 heavy (non-hydrogen) atoms. The zero-order valence-electron chi connectivity index (χ0n) is 25.3. The van der Waals surface area contributed by atoms with Gasteiger partial charge in [-0.3, -0.25) is 19.5 Å². The summed E-state index contributed by atoms with van der Waals surface area (Å²) < 4.78 is 1.89. The van der Waals surface area contributed by atoms with Crippen molar-refractivity contribution in [3.05, 3.63) is 147 Å². The maximum Gasteiger partial charge on any atom is 0.269 e. The molecule has 1 heterocycles. The van der Waals surface area contributed by atoms with Crippen molar-refractivity contribution in [1.29, 1.82) is 0 Å². The first-order valence-corrected chi connectivity index (χ1v) is 16.3. The second-order valence-electron chi connectivity index (χ2n) is 10.9. The Morgan fingerprint density at radius 2 is 1.49 bits per heavy atom. The predicted molar refractivity (Wildman–Crippen MR) is 179 cm³/mol. The summed E-state index contributed by atoms with van der Waals surface area (Å²) >= 11 is 1.52. The Hall–Kier alpha value is -4.76. The maximum atomic E-state index is 13.7. The molecule has 0 spiro atoms. The molecule has 9 heteroatoms. The van der Waals surface area contributed by atoms with Gasteiger partial charge in [0.2, 0.25) is 0 Å². The molecule has 0 aliphatic carbocycles. The normalized spacial score (nSPS) is 11.7. The van der Waals surface area contributed by atoms with Crippen LogP contribution in [0.4, 0.5) is 5.69 Å². The third kappa shape index (κ3) is 8.67. The minimum atomic E-state index is -0.526. The number of carbonyl (C=O) groups excluding carboxylic acids is 1. The van der Waals surface area contributed by atoms with Gasteiger partial charge in [0.1, 0.15) is 0 Å². The quantitative estimate of drug-likeness (QED) is 0.0547. The molecule has 0 aliphatic heterocycles. The summed E-state index contributed by atoms with van der Waals surface area (Å²) in [6.45, 7) is 2.21. The molecule has 1 N–H and O–H groups in total. The average molecular weight is 620 g/mol. The van der Waals surface area contributed by atoms with E-state index in [4.69, 9.17) is 0 Å². The lowest BCUT2D eigenvalue weighted by Crippen LogP contribution is -2.32. The molecule has 4 aromatic carbocycles. The second-order valence-corrected chi connectivity index (χ2v) is 11.9. The van der Waals surface area contributed by atoms with E-state index in [0.29, 0.717) is 34.4 Å². The van der Waals surface area contributed by atoms with Crippen molar-refractivity contribution in [3.63, 3.8) is 0 Å². The first kappa shape index (κ1) is 31.7. The van der Waals surface area contributed by atoms with Crippen LogP contribution in [0.5, 0.6) is 0 Å². The number of nitrogens with one attached hydrogen (secondary N) is 1. The van der Waals surface area contributed by atoms with Gasteiger partial charge < -0.3 is 5.32 Å². The van der Waals surface area contributed by atoms with Crippen LogP contribution in [0.1, 0.15) is 71.5 Å². The lowest BCUT2D eigenvalue weighted by atomic mass is 10.0. The molecule has 0 fully saturated rings. The van der Waals surface area contributed by atoms with E-state index in [1.807, 2.05) is 77.4 Å². The van der Waals surface area contributed by atoms with Crippen LogP contribution in [-0.2, 0) is 18.6 Å². The number of unbranched alkanes of at least 4 members (excludes halogenated alkanes) is 3. The van der Waals surface area contributed by atoms with Gasteiger partial charge in [-0.2, -0.15) is 0 Å². The van der Waals surface area contributed by atoms with Gasteiger partial charge in [-0.05, 0) is 60.2 Å². The summed E-state index contributed by atoms with van der Waals surface area (Å²) in [4.78, 5) is 24.6. The van der Waals surface area contributed by atoms with E-state index in [0.717, 1.165) is 24.0 Å². The number of carbonyl (C=O) groups is 1. The Bertz CT molecular complexity index is 1670. The van der Waals surface area contributed by atoms with Gasteiger partial charge in [-0.25, -0.2) is 0 Å². The van der Waals surface area contributed by atoms with Gasteiger partial charge in [0.15, 0.2) is 11.0 Å². The molecule has 8 nitrogen and oxygen atoms in total. The number of hydrogen-bond acceptors (Lipinski definition) is 6. The summed E-state index contributed by atoms with van der Waals surface area (Å²) in [5.41, 5.74) is 4.63. The number of rotatable bonds is 15. The summed E-state index contributed by atoms with van der Waals surface area (Å²) in [6, 6.07) is 33.6. The summed E-state index contributed by atoms with van der Waals surface area (Å²) in [5, 5.41) is 24.4. The molecule has 5 rings (SSSR count). The number of amides is 1. The monoisotopic (exact) mass is 619 g/mol. The summed E-state index contributed by atoms with van der Waals surface area (Å²) in [7, 11) is 0. The van der Waals surface area contributed by atoms with Gasteiger partial charge in [-0.15, -0.1) is 10.2 Å². The summed E-state index contributed by atoms with van der Waals surface area (Å²) in [6.07, 6.45) is 6.27. The first-order valence-electron chi connectivity index (χ1n) is 15.3. The molecule has 0 saturated heterocycles. The van der Waals surface area contributed by atoms with Gasteiger partial charge in [0, 0.05) is 29.1 Å². The van der Waals surface area contributed by atoms with E-state index in [1.54, 1.807) is 12.1 Å². The van der Waals surface area contributed by atoms with E-state index < -0.39 is 11.0 Å². The fourth-order valence-electron chi connectivity index (χ4n) is 5.17. The Balaban J connectivity index is 1.46. The topological polar surface area (TPSA) is 103 Å². The number of aromatic nitrogens is 3. The van der Waals surface area contributed by atoms with E-state index in [9.17, 15) is 14.9 Å². The van der Waals surface area contributed by atoms with Crippen molar-refractivity contribution in [2.24, 2.45) is 0 Å². The van der Waals surface area contributed by atoms with Crippen LogP contribution >= 0.6 is 11.8 Å². The predicted octanol–water partition coefficient (Wildman–Crippen LogP) is 8.30. The van der Waals surface area contributed by atoms with Gasteiger partial charge in [0.25, 0.3) is 11.6 Å². The zero-order valence-corrected chi connectivity index (χ0v) is 26.2. The molecule has 0 saturated carbocycles. The molecular formula is C36H37N5O3S. The highest BCUT2D eigenvalue weighted by atomic mass is 32.2. The molecule has 1 aromatic heterocycles. The minimum Gasteiger partial charge on any atom is -0.342 e. The molecule has 230 valence electrons. The van der Waals surface area contributed by atoms with Crippen molar-refractivity contribution in [3.8, 4) is 5.69 Å². The zero-order chi connectivity index (χ0) is 31.4. The van der Waals surface area contributed by atoms with Gasteiger partial charge in [-0.1, -0.05) is 111 Å². The lowest BCUT2D eigenvalue weighted by molar-refractivity contribution is -0.384. The third-order valence-corrected chi connectivity index (χ3v) is 8.62. The average Bonchev–Trinajstić information content (AvgIpc) is 3.50. The smallest absolute Gasteiger partial charge is 0.269 e. The van der Waals surface area contributed by atoms with Gasteiger partial charge >= 0.3 is 0 Å². The first-order chi connectivity index (χ1) is 22.0. The fourth-order valence-corrected chi connectivity index (χ4v) is 6.08. The number of aryl methyl sites for hydroxylation is 1. The van der Waals surface area contributed by atoms with Crippen molar-refractivity contribution in [1.82, 2.24) is 20.1 Å². The lowest BCUT2D eigenvalue weighted by Gasteiger charge is -2.20. The van der Waals surface area contributed by atoms with E-state index in [2.05, 4.69) is 34.6 Å². The van der Waals surface area contributed by atoms with Gasteiger partial charge in [0.05, 0.1) is 11.0 Å². The largest absolute Gasteiger partial charge is 0.342 e. The Morgan fingerprint density at radius 1 is 0.822 bits per heavy atom. The third-order valence-electron chi connectivity index (χ3n) is 7.62. The van der Waals surface area contributed by atoms with Crippen LogP contribution in [0, 0.1) is 10.1 Å². The van der Waals surface area contributed by atoms with Crippen molar-refractivity contribution < 1.29 is 9.72 Å². The van der Waals surface area contributed by atoms with Crippen LogP contribution in [0.3, 0.4) is 0 Å².